The summed E-state index contributed by atoms with van der Waals surface area (Å²) >= 11 is 0. The summed E-state index contributed by atoms with van der Waals surface area (Å²) in [6.45, 7) is 0. The topological polar surface area (TPSA) is 43.4 Å². The van der Waals surface area contributed by atoms with Crippen molar-refractivity contribution in [2.45, 2.75) is 51.4 Å². The van der Waals surface area contributed by atoms with Gasteiger partial charge in [-0.05, 0) is 63.2 Å². The minimum Gasteiger partial charge on any atom is -0.392 e. The molecule has 3 nitrogen and oxygen atoms in total. The van der Waals surface area contributed by atoms with E-state index in [1.165, 1.54) is 0 Å². The predicted molar refractivity (Wildman–Crippen MR) is 78.2 cm³/mol. The Hall–Kier alpha value is -1.38. The molecule has 0 heterocycles. The summed E-state index contributed by atoms with van der Waals surface area (Å²) in [7, 11) is 0. The molecule has 0 amide bonds. The number of carbonyl (C=O) groups excluding carboxylic acids is 2. The summed E-state index contributed by atoms with van der Waals surface area (Å²) in [5.41, 5.74) is -1.03. The van der Waals surface area contributed by atoms with E-state index in [2.05, 4.69) is 12.2 Å². The van der Waals surface area contributed by atoms with Crippen LogP contribution in [-0.4, -0.2) is 11.9 Å². The molecule has 2 saturated carbocycles. The van der Waals surface area contributed by atoms with E-state index in [1.54, 1.807) is 0 Å². The lowest BCUT2D eigenvalue weighted by Gasteiger charge is -2.42. The summed E-state index contributed by atoms with van der Waals surface area (Å²) in [4.78, 5) is 25.2. The van der Waals surface area contributed by atoms with Crippen LogP contribution in [-0.2, 0) is 14.3 Å². The van der Waals surface area contributed by atoms with E-state index in [9.17, 15) is 9.59 Å². The Kier molecular flexibility index (Phi) is 2.88. The van der Waals surface area contributed by atoms with Crippen LogP contribution >= 0.6 is 0 Å². The van der Waals surface area contributed by atoms with Crippen molar-refractivity contribution in [1.82, 2.24) is 0 Å². The van der Waals surface area contributed by atoms with E-state index < -0.39 is 10.8 Å². The molecule has 0 aromatic carbocycles. The molecular weight excluding hydrogens is 264 g/mol. The highest BCUT2D eigenvalue weighted by Crippen LogP contribution is 2.49. The Balaban J connectivity index is 1.51. The second-order valence-electron chi connectivity index (χ2n) is 7.38. The highest BCUT2D eigenvalue weighted by molar-refractivity contribution is 5.93. The van der Waals surface area contributed by atoms with Crippen molar-refractivity contribution in [3.8, 4) is 0 Å². The van der Waals surface area contributed by atoms with Gasteiger partial charge in [0.05, 0.1) is 10.8 Å². The van der Waals surface area contributed by atoms with Gasteiger partial charge in [-0.15, -0.1) is 0 Å². The highest BCUT2D eigenvalue weighted by Gasteiger charge is 2.49. The number of hydrogen-bond acceptors (Lipinski definition) is 3. The fourth-order valence-corrected chi connectivity index (χ4v) is 4.50. The summed E-state index contributed by atoms with van der Waals surface area (Å²) in [5.74, 6) is 0.644. The van der Waals surface area contributed by atoms with E-state index >= 15 is 0 Å². The van der Waals surface area contributed by atoms with Gasteiger partial charge < -0.3 is 4.74 Å². The van der Waals surface area contributed by atoms with Crippen molar-refractivity contribution in [1.29, 1.82) is 0 Å². The molecule has 6 aliphatic carbocycles. The van der Waals surface area contributed by atoms with Gasteiger partial charge in [0.1, 0.15) is 0 Å². The number of esters is 2. The van der Waals surface area contributed by atoms with E-state index in [4.69, 9.17) is 4.74 Å². The third-order valence-electron chi connectivity index (χ3n) is 6.22. The van der Waals surface area contributed by atoms with Gasteiger partial charge in [-0.3, -0.25) is 9.59 Å². The first kappa shape index (κ1) is 13.3. The number of rotatable bonds is 2. The molecule has 0 aromatic rings. The number of ether oxygens (including phenoxy) is 1. The smallest absolute Gasteiger partial charge is 0.323 e. The lowest BCUT2D eigenvalue weighted by atomic mass is 9.64. The van der Waals surface area contributed by atoms with Crippen LogP contribution in [0.15, 0.2) is 24.3 Å². The molecule has 0 unspecified atom stereocenters. The van der Waals surface area contributed by atoms with Crippen molar-refractivity contribution in [3.05, 3.63) is 24.3 Å². The molecule has 21 heavy (non-hydrogen) atoms. The molecule has 6 rings (SSSR count). The van der Waals surface area contributed by atoms with E-state index in [0.717, 1.165) is 51.4 Å². The average Bonchev–Trinajstić information content (AvgIpc) is 2.58. The van der Waals surface area contributed by atoms with Crippen LogP contribution in [0, 0.1) is 22.7 Å². The molecule has 0 N–H and O–H groups in total. The normalized spacial score (nSPS) is 43.0. The highest BCUT2D eigenvalue weighted by atomic mass is 16.6. The molecule has 6 aliphatic rings. The molecule has 2 fully saturated rings. The van der Waals surface area contributed by atoms with Crippen LogP contribution in [0.5, 0.6) is 0 Å². The Morgan fingerprint density at radius 1 is 0.762 bits per heavy atom. The fraction of sp³-hybridized carbons (Fsp3) is 0.667. The van der Waals surface area contributed by atoms with Crippen LogP contribution in [0.2, 0.25) is 0 Å². The third-order valence-corrected chi connectivity index (χ3v) is 6.22. The minimum absolute atomic E-state index is 0.308. The molecule has 0 atom stereocenters. The first-order valence-electron chi connectivity index (χ1n) is 8.27. The molecule has 0 spiro atoms. The van der Waals surface area contributed by atoms with E-state index in [0.29, 0.717) is 11.8 Å². The van der Waals surface area contributed by atoms with Crippen molar-refractivity contribution < 1.29 is 14.3 Å². The van der Waals surface area contributed by atoms with Gasteiger partial charge in [0.15, 0.2) is 0 Å². The van der Waals surface area contributed by atoms with Crippen LogP contribution in [0.25, 0.3) is 0 Å². The SMILES string of the molecule is O=C(OC(=O)C12C=CC(CC1)CC2)C12C=CC(CC1)CC2. The van der Waals surface area contributed by atoms with Gasteiger partial charge in [-0.2, -0.15) is 0 Å². The summed E-state index contributed by atoms with van der Waals surface area (Å²) in [5, 5.41) is 0. The second-order valence-corrected chi connectivity index (χ2v) is 7.38. The quantitative estimate of drug-likeness (QED) is 0.443. The molecule has 112 valence electrons. The Morgan fingerprint density at radius 3 is 1.43 bits per heavy atom. The maximum absolute atomic E-state index is 12.6. The molecule has 0 aromatic heterocycles. The zero-order valence-corrected chi connectivity index (χ0v) is 12.3. The molecule has 0 aliphatic heterocycles. The van der Waals surface area contributed by atoms with Crippen molar-refractivity contribution in [3.63, 3.8) is 0 Å². The van der Waals surface area contributed by atoms with E-state index in [-0.39, 0.29) is 11.9 Å². The molecule has 0 saturated heterocycles. The van der Waals surface area contributed by atoms with Crippen molar-refractivity contribution >= 4 is 11.9 Å². The Bertz CT molecular complexity index is 479. The van der Waals surface area contributed by atoms with Crippen molar-refractivity contribution in [2.75, 3.05) is 0 Å². The fourth-order valence-electron chi connectivity index (χ4n) is 4.50. The number of carbonyl (C=O) groups is 2. The van der Waals surface area contributed by atoms with Gasteiger partial charge in [-0.25, -0.2) is 0 Å². The van der Waals surface area contributed by atoms with Crippen LogP contribution in [0.1, 0.15) is 51.4 Å². The van der Waals surface area contributed by atoms with Crippen LogP contribution in [0.4, 0.5) is 0 Å². The molecule has 3 heteroatoms. The number of allylic oxidation sites excluding steroid dienone is 2. The largest absolute Gasteiger partial charge is 0.392 e. The summed E-state index contributed by atoms with van der Waals surface area (Å²) < 4.78 is 5.39. The molecule has 0 radical (unpaired) electrons. The molecule has 4 bridgehead atoms. The Labute approximate surface area is 125 Å². The van der Waals surface area contributed by atoms with Gasteiger partial charge in [0, 0.05) is 0 Å². The lowest BCUT2D eigenvalue weighted by Crippen LogP contribution is -2.44. The number of fused-ring (bicyclic) bond motifs is 4. The van der Waals surface area contributed by atoms with Gasteiger partial charge in [0.2, 0.25) is 0 Å². The standard InChI is InChI=1S/C18H22O3/c19-15(17-7-1-13(2-8-17)3-9-17)21-16(20)18-10-4-14(5-11-18)6-12-18/h1,4,7,10,13-14H,2-3,5-6,8-9,11-12H2. The van der Waals surface area contributed by atoms with Gasteiger partial charge in [-0.1, -0.05) is 24.3 Å². The Morgan fingerprint density at radius 2 is 1.14 bits per heavy atom. The first-order valence-corrected chi connectivity index (χ1v) is 8.27. The van der Waals surface area contributed by atoms with Crippen molar-refractivity contribution in [2.24, 2.45) is 22.7 Å². The van der Waals surface area contributed by atoms with E-state index in [1.807, 2.05) is 12.2 Å². The summed E-state index contributed by atoms with van der Waals surface area (Å²) in [6, 6.07) is 0. The predicted octanol–water partition coefficient (Wildman–Crippen LogP) is 3.55. The van der Waals surface area contributed by atoms with Gasteiger partial charge in [0.25, 0.3) is 0 Å². The molecular formula is C18H22O3. The zero-order chi connectivity index (χ0) is 14.5. The minimum atomic E-state index is -0.517. The summed E-state index contributed by atoms with van der Waals surface area (Å²) in [6.07, 6.45) is 15.8. The van der Waals surface area contributed by atoms with Gasteiger partial charge >= 0.3 is 11.9 Å². The third kappa shape index (κ3) is 2.01. The first-order chi connectivity index (χ1) is 10.1. The monoisotopic (exact) mass is 286 g/mol. The van der Waals surface area contributed by atoms with Crippen LogP contribution < -0.4 is 0 Å². The maximum Gasteiger partial charge on any atom is 0.323 e. The van der Waals surface area contributed by atoms with Crippen LogP contribution in [0.3, 0.4) is 0 Å². The zero-order valence-electron chi connectivity index (χ0n) is 12.3. The average molecular weight is 286 g/mol. The number of hydrogen-bond donors (Lipinski definition) is 0. The second kappa shape index (κ2) is 4.56. The maximum atomic E-state index is 12.6. The lowest BCUT2D eigenvalue weighted by molar-refractivity contribution is -0.174.